The molecule has 0 radical (unpaired) electrons. The number of hydrogen-bond acceptors (Lipinski definition) is 1. The van der Waals surface area contributed by atoms with Crippen LogP contribution in [0.25, 0.3) is 0 Å². The summed E-state index contributed by atoms with van der Waals surface area (Å²) in [6, 6.07) is 14.9. The number of carbonyl (C=O) groups is 1. The van der Waals surface area contributed by atoms with E-state index in [-0.39, 0.29) is 5.78 Å². The van der Waals surface area contributed by atoms with Crippen molar-refractivity contribution in [1.29, 1.82) is 0 Å². The van der Waals surface area contributed by atoms with E-state index in [4.69, 9.17) is 33.2 Å². The average Bonchev–Trinajstić information content (AvgIpc) is 2.39. The zero-order valence-electron chi connectivity index (χ0n) is 9.89. The summed E-state index contributed by atoms with van der Waals surface area (Å²) in [4.78, 5) is 12.6. The maximum Gasteiger partial charge on any atom is 0.355 e. The van der Waals surface area contributed by atoms with Gasteiger partial charge in [-0.15, -0.1) is 33.2 Å². The van der Waals surface area contributed by atoms with E-state index in [9.17, 15) is 4.79 Å². The van der Waals surface area contributed by atoms with Crippen molar-refractivity contribution in [3.8, 4) is 0 Å². The van der Waals surface area contributed by atoms with E-state index < -0.39 is 11.5 Å². The van der Waals surface area contributed by atoms with Gasteiger partial charge in [0.15, 0.2) is 5.78 Å². The molecule has 1 unspecified atom stereocenters. The Bertz CT molecular complexity index is 552. The first-order chi connectivity index (χ1) is 9.00. The minimum atomic E-state index is -3.21. The summed E-state index contributed by atoms with van der Waals surface area (Å²) in [6.45, 7) is 0. The monoisotopic (exact) mass is 328 g/mol. The van der Waals surface area contributed by atoms with E-state index in [1.807, 2.05) is 36.4 Å². The third kappa shape index (κ3) is 3.60. The number of benzene rings is 2. The molecule has 19 heavy (non-hydrogen) atoms. The van der Waals surface area contributed by atoms with E-state index in [0.717, 1.165) is 5.56 Å². The molecule has 0 fully saturated rings. The molecule has 0 aliphatic carbocycles. The quantitative estimate of drug-likeness (QED) is 0.445. The molecule has 2 aromatic rings. The van der Waals surface area contributed by atoms with Gasteiger partial charge in [0.25, 0.3) is 0 Å². The van der Waals surface area contributed by atoms with Crippen molar-refractivity contribution >= 4 is 45.0 Å². The summed E-state index contributed by atoms with van der Waals surface area (Å²) in [7, 11) is 0. The molecule has 2 rings (SSSR count). The van der Waals surface area contributed by atoms with E-state index >= 15 is 0 Å². The Labute approximate surface area is 127 Å². The second kappa shape index (κ2) is 6.10. The standard InChI is InChI=1S/C14H11Cl3OSi/c15-19(16,17)14(12-9-5-2-6-10-12)13(18)11-7-3-1-4-8-11/h1-10,14H. The maximum atomic E-state index is 12.6. The van der Waals surface area contributed by atoms with Crippen LogP contribution >= 0.6 is 33.2 Å². The number of rotatable bonds is 4. The van der Waals surface area contributed by atoms with Crippen LogP contribution in [0.1, 0.15) is 21.5 Å². The summed E-state index contributed by atoms with van der Waals surface area (Å²) < 4.78 is 0. The zero-order valence-corrected chi connectivity index (χ0v) is 13.2. The van der Waals surface area contributed by atoms with Crippen molar-refractivity contribution in [2.75, 3.05) is 0 Å². The van der Waals surface area contributed by atoms with Gasteiger partial charge in [-0.1, -0.05) is 60.7 Å². The van der Waals surface area contributed by atoms with Gasteiger partial charge in [0.2, 0.25) is 0 Å². The fraction of sp³-hybridized carbons (Fsp3) is 0.0714. The Balaban J connectivity index is 2.43. The largest absolute Gasteiger partial charge is 0.355 e. The van der Waals surface area contributed by atoms with Gasteiger partial charge in [0.05, 0.1) is 5.54 Å². The van der Waals surface area contributed by atoms with Gasteiger partial charge in [-0.2, -0.15) is 0 Å². The van der Waals surface area contributed by atoms with Gasteiger partial charge in [0.1, 0.15) is 0 Å². The van der Waals surface area contributed by atoms with Crippen LogP contribution < -0.4 is 0 Å². The van der Waals surface area contributed by atoms with Crippen LogP contribution in [-0.2, 0) is 0 Å². The molecule has 1 atom stereocenters. The summed E-state index contributed by atoms with van der Waals surface area (Å²) in [6.07, 6.45) is 0. The number of carbonyl (C=O) groups excluding carboxylic acids is 1. The van der Waals surface area contributed by atoms with Crippen LogP contribution in [0.2, 0.25) is 0 Å². The van der Waals surface area contributed by atoms with E-state index in [1.165, 1.54) is 0 Å². The topological polar surface area (TPSA) is 17.1 Å². The Hall–Kier alpha value is -0.803. The molecule has 0 saturated heterocycles. The number of ketones is 1. The van der Waals surface area contributed by atoms with Gasteiger partial charge in [-0.05, 0) is 5.56 Å². The highest BCUT2D eigenvalue weighted by molar-refractivity contribution is 7.65. The van der Waals surface area contributed by atoms with Crippen LogP contribution in [0.5, 0.6) is 0 Å². The summed E-state index contributed by atoms with van der Waals surface area (Å²) in [5.41, 5.74) is 0.638. The predicted molar refractivity (Wildman–Crippen MR) is 83.3 cm³/mol. The van der Waals surface area contributed by atoms with Crippen molar-refractivity contribution in [2.24, 2.45) is 0 Å². The fourth-order valence-corrected chi connectivity index (χ4v) is 4.96. The third-order valence-electron chi connectivity index (χ3n) is 2.78. The smallest absolute Gasteiger partial charge is 0.294 e. The molecule has 1 nitrogen and oxygen atoms in total. The minimum absolute atomic E-state index is 0.140. The molecule has 0 aliphatic rings. The zero-order chi connectivity index (χ0) is 13.9. The second-order valence-corrected chi connectivity index (χ2v) is 12.9. The molecule has 0 spiro atoms. The molecular weight excluding hydrogens is 319 g/mol. The van der Waals surface area contributed by atoms with Crippen molar-refractivity contribution in [3.63, 3.8) is 0 Å². The highest BCUT2D eigenvalue weighted by Gasteiger charge is 2.43. The molecule has 0 aromatic heterocycles. The SMILES string of the molecule is O=C(c1ccccc1)C(c1ccccc1)[Si](Cl)(Cl)Cl. The van der Waals surface area contributed by atoms with Crippen LogP contribution in [-0.4, -0.2) is 11.8 Å². The van der Waals surface area contributed by atoms with Gasteiger partial charge < -0.3 is 0 Å². The predicted octanol–water partition coefficient (Wildman–Crippen LogP) is 4.85. The third-order valence-corrected chi connectivity index (χ3v) is 5.99. The van der Waals surface area contributed by atoms with Crippen molar-refractivity contribution in [3.05, 3.63) is 71.8 Å². The van der Waals surface area contributed by atoms with Crippen molar-refractivity contribution in [2.45, 2.75) is 5.54 Å². The Morgan fingerprint density at radius 1 is 0.842 bits per heavy atom. The maximum absolute atomic E-state index is 12.6. The average molecular weight is 330 g/mol. The second-order valence-electron chi connectivity index (χ2n) is 4.12. The Morgan fingerprint density at radius 3 is 1.79 bits per heavy atom. The first-order valence-corrected chi connectivity index (χ1v) is 10.8. The van der Waals surface area contributed by atoms with Crippen LogP contribution in [0.15, 0.2) is 60.7 Å². The number of halogens is 3. The molecule has 0 heterocycles. The molecule has 0 saturated carbocycles. The highest BCUT2D eigenvalue weighted by Crippen LogP contribution is 2.38. The van der Waals surface area contributed by atoms with Crippen molar-refractivity contribution in [1.82, 2.24) is 0 Å². The molecule has 0 N–H and O–H groups in total. The first kappa shape index (κ1) is 14.6. The van der Waals surface area contributed by atoms with Crippen LogP contribution in [0.3, 0.4) is 0 Å². The van der Waals surface area contributed by atoms with Gasteiger partial charge in [-0.25, -0.2) is 0 Å². The molecule has 2 aromatic carbocycles. The summed E-state index contributed by atoms with van der Waals surface area (Å²) in [5.74, 6) is -0.140. The molecule has 5 heteroatoms. The van der Waals surface area contributed by atoms with E-state index in [0.29, 0.717) is 5.56 Å². The van der Waals surface area contributed by atoms with Crippen LogP contribution in [0, 0.1) is 0 Å². The molecular formula is C14H11Cl3OSi. The number of Topliss-reactive ketones (excluding diaryl/α,β-unsaturated/α-hetero) is 1. The van der Waals surface area contributed by atoms with Gasteiger partial charge >= 0.3 is 6.00 Å². The Kier molecular flexibility index (Phi) is 4.69. The molecule has 0 amide bonds. The van der Waals surface area contributed by atoms with E-state index in [2.05, 4.69) is 0 Å². The van der Waals surface area contributed by atoms with E-state index in [1.54, 1.807) is 24.3 Å². The minimum Gasteiger partial charge on any atom is -0.294 e. The summed E-state index contributed by atoms with van der Waals surface area (Å²) >= 11 is 18.4. The highest BCUT2D eigenvalue weighted by atomic mass is 35.8. The van der Waals surface area contributed by atoms with Gasteiger partial charge in [-0.3, -0.25) is 4.79 Å². The van der Waals surface area contributed by atoms with Crippen LogP contribution in [0.4, 0.5) is 0 Å². The lowest BCUT2D eigenvalue weighted by atomic mass is 10.0. The lowest BCUT2D eigenvalue weighted by Crippen LogP contribution is -2.30. The lowest BCUT2D eigenvalue weighted by molar-refractivity contribution is 0.0985. The lowest BCUT2D eigenvalue weighted by Gasteiger charge is -2.21. The fourth-order valence-electron chi connectivity index (χ4n) is 1.90. The molecule has 0 bridgehead atoms. The summed E-state index contributed by atoms with van der Waals surface area (Å²) in [5, 5.41) is 0. The normalized spacial score (nSPS) is 13.0. The molecule has 98 valence electrons. The molecule has 0 aliphatic heterocycles. The number of hydrogen-bond donors (Lipinski definition) is 0. The Morgan fingerprint density at radius 2 is 1.32 bits per heavy atom. The van der Waals surface area contributed by atoms with Crippen molar-refractivity contribution < 1.29 is 4.79 Å². The van der Waals surface area contributed by atoms with Gasteiger partial charge in [0, 0.05) is 5.56 Å². The first-order valence-electron chi connectivity index (χ1n) is 5.71.